The maximum Gasteiger partial charge on any atom is 0.252 e. The van der Waals surface area contributed by atoms with E-state index in [4.69, 9.17) is 10.5 Å². The predicted octanol–water partition coefficient (Wildman–Crippen LogP) is 2.10. The van der Waals surface area contributed by atoms with E-state index < -0.39 is 0 Å². The second-order valence-electron chi connectivity index (χ2n) is 6.41. The van der Waals surface area contributed by atoms with Crippen molar-refractivity contribution in [1.82, 2.24) is 30.2 Å². The predicted molar refractivity (Wildman–Crippen MR) is 121 cm³/mol. The molecule has 0 aliphatic heterocycles. The smallest absolute Gasteiger partial charge is 0.252 e. The van der Waals surface area contributed by atoms with Crippen LogP contribution in [0.5, 0.6) is 5.75 Å². The van der Waals surface area contributed by atoms with Crippen LogP contribution >= 0.6 is 11.8 Å². The molecule has 0 amide bonds. The second-order valence-corrected chi connectivity index (χ2v) is 7.35. The molecule has 0 aliphatic rings. The van der Waals surface area contributed by atoms with Crippen LogP contribution in [0.25, 0.3) is 5.69 Å². The summed E-state index contributed by atoms with van der Waals surface area (Å²) in [5.74, 6) is 1.26. The number of nitrogens with one attached hydrogen (secondary N) is 2. The third-order valence-corrected chi connectivity index (χ3v) is 5.11. The lowest BCUT2D eigenvalue weighted by atomic mass is 10.3. The van der Waals surface area contributed by atoms with Crippen LogP contribution in [-0.2, 0) is 5.75 Å². The molecule has 0 saturated carbocycles. The van der Waals surface area contributed by atoms with Crippen molar-refractivity contribution in [3.8, 4) is 11.4 Å². The molecule has 0 bridgehead atoms. The number of tetrazole rings is 1. The highest BCUT2D eigenvalue weighted by Crippen LogP contribution is 2.21. The lowest BCUT2D eigenvalue weighted by Gasteiger charge is -2.07. The van der Waals surface area contributed by atoms with Crippen molar-refractivity contribution < 1.29 is 4.74 Å². The Morgan fingerprint density at radius 2 is 2.00 bits per heavy atom. The molecular weight excluding hydrogens is 430 g/mol. The van der Waals surface area contributed by atoms with Crippen molar-refractivity contribution in [2.45, 2.75) is 10.9 Å². The molecule has 0 saturated heterocycles. The fraction of sp³-hybridized carbons (Fsp3) is 0.100. The van der Waals surface area contributed by atoms with E-state index in [-0.39, 0.29) is 17.5 Å². The van der Waals surface area contributed by atoms with E-state index in [1.807, 2.05) is 30.3 Å². The fourth-order valence-electron chi connectivity index (χ4n) is 2.72. The molecule has 2 heterocycles. The van der Waals surface area contributed by atoms with Crippen LogP contribution in [-0.4, -0.2) is 43.2 Å². The molecule has 11 nitrogen and oxygen atoms in total. The number of aromatic amines is 1. The molecule has 0 radical (unpaired) electrons. The SMILES string of the molecule is COc1ccc(N/C(N)=N/c2nc(CSc3nnnn3-c3ccccc3)cc(=O)[nH]2)cc1. The fourth-order valence-corrected chi connectivity index (χ4v) is 3.51. The maximum atomic E-state index is 12.1. The number of ether oxygens (including phenoxy) is 1. The van der Waals surface area contributed by atoms with Gasteiger partial charge in [-0.1, -0.05) is 30.0 Å². The first-order valence-electron chi connectivity index (χ1n) is 9.43. The van der Waals surface area contributed by atoms with E-state index in [1.54, 1.807) is 36.1 Å². The molecule has 4 rings (SSSR count). The topological polar surface area (TPSA) is 149 Å². The number of para-hydroxylation sites is 1. The Bertz CT molecular complexity index is 1270. The maximum absolute atomic E-state index is 12.1. The highest BCUT2D eigenvalue weighted by atomic mass is 32.2. The number of hydrogen-bond donors (Lipinski definition) is 3. The van der Waals surface area contributed by atoms with Gasteiger partial charge in [0.25, 0.3) is 5.56 Å². The molecule has 2 aromatic carbocycles. The van der Waals surface area contributed by atoms with E-state index in [9.17, 15) is 4.79 Å². The minimum Gasteiger partial charge on any atom is -0.497 e. The van der Waals surface area contributed by atoms with Crippen LogP contribution < -0.4 is 21.3 Å². The Balaban J connectivity index is 1.47. The highest BCUT2D eigenvalue weighted by Gasteiger charge is 2.10. The number of aliphatic imine (C=N–C) groups is 1. The van der Waals surface area contributed by atoms with Gasteiger partial charge in [-0.05, 0) is 46.8 Å². The van der Waals surface area contributed by atoms with Crippen molar-refractivity contribution in [1.29, 1.82) is 0 Å². The third-order valence-electron chi connectivity index (χ3n) is 4.16. The van der Waals surface area contributed by atoms with Gasteiger partial charge in [0.1, 0.15) is 5.75 Å². The van der Waals surface area contributed by atoms with Crippen molar-refractivity contribution in [2.24, 2.45) is 10.7 Å². The molecule has 162 valence electrons. The van der Waals surface area contributed by atoms with Crippen LogP contribution in [0, 0.1) is 0 Å². The zero-order valence-corrected chi connectivity index (χ0v) is 17.8. The number of H-pyrrole nitrogens is 1. The first-order valence-corrected chi connectivity index (χ1v) is 10.4. The van der Waals surface area contributed by atoms with Gasteiger partial charge in [-0.15, -0.1) is 5.10 Å². The molecule has 2 aromatic heterocycles. The number of thioether (sulfide) groups is 1. The molecule has 32 heavy (non-hydrogen) atoms. The van der Waals surface area contributed by atoms with Gasteiger partial charge in [0.15, 0.2) is 0 Å². The summed E-state index contributed by atoms with van der Waals surface area (Å²) in [6.07, 6.45) is 0. The number of methoxy groups -OCH3 is 1. The van der Waals surface area contributed by atoms with Gasteiger partial charge in [-0.3, -0.25) is 9.78 Å². The second kappa shape index (κ2) is 9.75. The lowest BCUT2D eigenvalue weighted by Crippen LogP contribution is -2.22. The molecule has 0 unspecified atom stereocenters. The quantitative estimate of drug-likeness (QED) is 0.219. The summed E-state index contributed by atoms with van der Waals surface area (Å²) in [7, 11) is 1.59. The number of nitrogens with zero attached hydrogens (tertiary/aromatic N) is 6. The minimum absolute atomic E-state index is 0.0798. The van der Waals surface area contributed by atoms with E-state index in [0.29, 0.717) is 22.3 Å². The first-order chi connectivity index (χ1) is 15.6. The summed E-state index contributed by atoms with van der Waals surface area (Å²) in [5, 5.41) is 15.3. The van der Waals surface area contributed by atoms with Gasteiger partial charge < -0.3 is 15.8 Å². The van der Waals surface area contributed by atoms with Crippen molar-refractivity contribution in [3.63, 3.8) is 0 Å². The Morgan fingerprint density at radius 1 is 1.22 bits per heavy atom. The summed E-state index contributed by atoms with van der Waals surface area (Å²) in [4.78, 5) is 23.2. The monoisotopic (exact) mass is 449 g/mol. The number of aromatic nitrogens is 6. The van der Waals surface area contributed by atoms with Crippen LogP contribution in [0.1, 0.15) is 5.69 Å². The molecule has 4 aromatic rings. The summed E-state index contributed by atoms with van der Waals surface area (Å²) in [6, 6.07) is 18.1. The van der Waals surface area contributed by atoms with Gasteiger partial charge >= 0.3 is 0 Å². The number of nitrogens with two attached hydrogens (primary N) is 1. The number of hydrogen-bond acceptors (Lipinski definition) is 8. The summed E-state index contributed by atoms with van der Waals surface area (Å²) in [6.45, 7) is 0. The molecular formula is C20H19N9O2S. The standard InChI is InChI=1S/C20H19N9O2S/c1-31-16-9-7-13(8-10-16)22-18(21)25-19-23-14(11-17(30)24-19)12-32-20-26-27-28-29(20)15-5-3-2-4-6-15/h2-11H,12H2,1H3,(H4,21,22,23,24,25,30). The van der Waals surface area contributed by atoms with Gasteiger partial charge in [0.05, 0.1) is 18.5 Å². The molecule has 0 atom stereocenters. The van der Waals surface area contributed by atoms with Gasteiger partial charge in [-0.25, -0.2) is 4.98 Å². The average Bonchev–Trinajstić information content (AvgIpc) is 3.27. The number of benzene rings is 2. The summed E-state index contributed by atoms with van der Waals surface area (Å²) >= 11 is 1.35. The molecule has 0 spiro atoms. The molecule has 0 aliphatic carbocycles. The van der Waals surface area contributed by atoms with E-state index in [1.165, 1.54) is 17.8 Å². The van der Waals surface area contributed by atoms with E-state index in [2.05, 4.69) is 35.8 Å². The van der Waals surface area contributed by atoms with Crippen molar-refractivity contribution in [3.05, 3.63) is 76.7 Å². The lowest BCUT2D eigenvalue weighted by molar-refractivity contribution is 0.415. The van der Waals surface area contributed by atoms with Crippen LogP contribution in [0.4, 0.5) is 11.6 Å². The largest absolute Gasteiger partial charge is 0.497 e. The first kappa shape index (κ1) is 21.1. The zero-order valence-electron chi connectivity index (χ0n) is 17.0. The highest BCUT2D eigenvalue weighted by molar-refractivity contribution is 7.98. The van der Waals surface area contributed by atoms with Gasteiger partial charge in [0, 0.05) is 17.5 Å². The number of rotatable bonds is 7. The molecule has 12 heteroatoms. The van der Waals surface area contributed by atoms with Gasteiger partial charge in [0.2, 0.25) is 17.1 Å². The zero-order chi connectivity index (χ0) is 22.3. The Labute approximate surface area is 186 Å². The van der Waals surface area contributed by atoms with Crippen molar-refractivity contribution >= 4 is 29.4 Å². The number of guanidine groups is 1. The van der Waals surface area contributed by atoms with E-state index in [0.717, 1.165) is 11.4 Å². The summed E-state index contributed by atoms with van der Waals surface area (Å²) < 4.78 is 6.74. The van der Waals surface area contributed by atoms with Crippen LogP contribution in [0.2, 0.25) is 0 Å². The third kappa shape index (κ3) is 5.29. The van der Waals surface area contributed by atoms with Crippen molar-refractivity contribution in [2.75, 3.05) is 12.4 Å². The Hall–Kier alpha value is -4.19. The average molecular weight is 450 g/mol. The summed E-state index contributed by atoms with van der Waals surface area (Å²) in [5.41, 5.74) is 7.68. The Morgan fingerprint density at radius 3 is 2.75 bits per heavy atom. The van der Waals surface area contributed by atoms with E-state index >= 15 is 0 Å². The molecule has 0 fully saturated rings. The minimum atomic E-state index is -0.339. The van der Waals surface area contributed by atoms with Crippen LogP contribution in [0.15, 0.2) is 75.6 Å². The number of anilines is 1. The molecule has 4 N–H and O–H groups in total. The normalized spacial score (nSPS) is 11.3. The Kier molecular flexibility index (Phi) is 6.41. The van der Waals surface area contributed by atoms with Gasteiger partial charge in [-0.2, -0.15) is 9.67 Å². The van der Waals surface area contributed by atoms with Crippen LogP contribution in [0.3, 0.4) is 0 Å².